The maximum Gasteiger partial charge on any atom is 0.226 e. The lowest BCUT2D eigenvalue weighted by molar-refractivity contribution is -0.136. The Morgan fingerprint density at radius 2 is 2.00 bits per heavy atom. The van der Waals surface area contributed by atoms with Crippen molar-refractivity contribution in [3.63, 3.8) is 0 Å². The smallest absolute Gasteiger partial charge is 0.226 e. The second kappa shape index (κ2) is 5.72. The first-order valence-corrected chi connectivity index (χ1v) is 7.58. The molecule has 3 atom stereocenters. The third kappa shape index (κ3) is 2.67. The lowest BCUT2D eigenvalue weighted by atomic mass is 10.0. The number of carbonyl (C=O) groups excluding carboxylic acids is 1. The average molecular weight is 294 g/mol. The topological polar surface area (TPSA) is 46.3 Å². The van der Waals surface area contributed by atoms with Crippen molar-refractivity contribution in [2.75, 3.05) is 13.1 Å². The number of hydrogen-bond acceptors (Lipinski definition) is 2. The van der Waals surface area contributed by atoms with Gasteiger partial charge in [-0.15, -0.1) is 0 Å². The third-order valence-electron chi connectivity index (χ3n) is 4.66. The van der Waals surface area contributed by atoms with Crippen LogP contribution in [0.2, 0.25) is 0 Å². The predicted octanol–water partition coefficient (Wildman–Crippen LogP) is 2.41. The summed E-state index contributed by atoms with van der Waals surface area (Å²) in [5.74, 6) is -1.70. The van der Waals surface area contributed by atoms with Crippen LogP contribution < -0.4 is 5.73 Å². The van der Waals surface area contributed by atoms with Crippen LogP contribution in [0.25, 0.3) is 0 Å². The van der Waals surface area contributed by atoms with E-state index in [-0.39, 0.29) is 29.3 Å². The second-order valence-electron chi connectivity index (χ2n) is 6.00. The highest BCUT2D eigenvalue weighted by Gasteiger charge is 2.49. The molecule has 3 rings (SSSR count). The normalized spacial score (nSPS) is 28.5. The van der Waals surface area contributed by atoms with Gasteiger partial charge in [-0.3, -0.25) is 4.79 Å². The molecule has 0 spiro atoms. The molecule has 1 saturated heterocycles. The molecule has 21 heavy (non-hydrogen) atoms. The van der Waals surface area contributed by atoms with Crippen molar-refractivity contribution in [3.05, 3.63) is 35.4 Å². The van der Waals surface area contributed by atoms with Gasteiger partial charge >= 0.3 is 0 Å². The summed E-state index contributed by atoms with van der Waals surface area (Å²) in [4.78, 5) is 14.4. The number of nitrogens with two attached hydrogens (primary N) is 1. The average Bonchev–Trinajstić information content (AvgIpc) is 3.26. The zero-order valence-corrected chi connectivity index (χ0v) is 11.9. The monoisotopic (exact) mass is 294 g/mol. The lowest BCUT2D eigenvalue weighted by Gasteiger charge is -2.35. The number of hydrogen-bond donors (Lipinski definition) is 1. The van der Waals surface area contributed by atoms with Gasteiger partial charge < -0.3 is 10.6 Å². The molecule has 1 heterocycles. The number of carbonyl (C=O) groups is 1. The summed E-state index contributed by atoms with van der Waals surface area (Å²) in [6.07, 6.45) is 3.52. The first kappa shape index (κ1) is 14.4. The van der Waals surface area contributed by atoms with Crippen molar-refractivity contribution in [2.24, 2.45) is 11.7 Å². The van der Waals surface area contributed by atoms with Crippen molar-refractivity contribution in [1.29, 1.82) is 0 Å². The predicted molar refractivity (Wildman–Crippen MR) is 75.6 cm³/mol. The standard InChI is InChI=1S/C16H20F2N2O/c17-13-5-3-6-14(18)15(13)11-8-12(11)16(21)20-7-2-1-4-10(20)9-19/h3,5-6,10-12H,1-2,4,7-9,19H2/t10-,11-,12+/m0/s1. The van der Waals surface area contributed by atoms with Gasteiger partial charge in [0.25, 0.3) is 0 Å². The highest BCUT2D eigenvalue weighted by atomic mass is 19.1. The van der Waals surface area contributed by atoms with Gasteiger partial charge in [-0.25, -0.2) is 8.78 Å². The summed E-state index contributed by atoms with van der Waals surface area (Å²) < 4.78 is 27.6. The SMILES string of the molecule is NC[C@@H]1CCCCN1C(=O)[C@@H]1C[C@@H]1c1c(F)cccc1F. The first-order valence-electron chi connectivity index (χ1n) is 7.58. The number of rotatable bonds is 3. The Labute approximate surface area is 123 Å². The molecule has 2 aliphatic rings. The highest BCUT2D eigenvalue weighted by Crippen LogP contribution is 2.50. The minimum absolute atomic E-state index is 0.0119. The Bertz CT molecular complexity index is 529. The minimum Gasteiger partial charge on any atom is -0.338 e. The molecule has 3 nitrogen and oxygen atoms in total. The van der Waals surface area contributed by atoms with Crippen molar-refractivity contribution < 1.29 is 13.6 Å². The van der Waals surface area contributed by atoms with Gasteiger partial charge in [0.2, 0.25) is 5.91 Å². The molecule has 5 heteroatoms. The van der Waals surface area contributed by atoms with Crippen LogP contribution >= 0.6 is 0 Å². The van der Waals surface area contributed by atoms with E-state index in [1.54, 1.807) is 0 Å². The van der Waals surface area contributed by atoms with E-state index in [1.807, 2.05) is 4.90 Å². The molecule has 1 aromatic rings. The molecule has 0 aromatic heterocycles. The Morgan fingerprint density at radius 1 is 1.29 bits per heavy atom. The van der Waals surface area contributed by atoms with Crippen LogP contribution in [0, 0.1) is 17.6 Å². The molecule has 2 N–H and O–H groups in total. The van der Waals surface area contributed by atoms with Crippen LogP contribution in [-0.4, -0.2) is 29.9 Å². The zero-order chi connectivity index (χ0) is 15.0. The third-order valence-corrected chi connectivity index (χ3v) is 4.66. The number of likely N-dealkylation sites (tertiary alicyclic amines) is 1. The van der Waals surface area contributed by atoms with E-state index in [4.69, 9.17) is 5.73 Å². The summed E-state index contributed by atoms with van der Waals surface area (Å²) in [6, 6.07) is 3.93. The fraction of sp³-hybridized carbons (Fsp3) is 0.562. The Balaban J connectivity index is 1.74. The van der Waals surface area contributed by atoms with Crippen LogP contribution in [0.1, 0.15) is 37.2 Å². The van der Waals surface area contributed by atoms with E-state index in [0.717, 1.165) is 19.3 Å². The maximum absolute atomic E-state index is 13.8. The molecule has 1 aromatic carbocycles. The number of piperidine rings is 1. The quantitative estimate of drug-likeness (QED) is 0.930. The van der Waals surface area contributed by atoms with Crippen molar-refractivity contribution in [2.45, 2.75) is 37.6 Å². The van der Waals surface area contributed by atoms with E-state index >= 15 is 0 Å². The molecule has 0 bridgehead atoms. The van der Waals surface area contributed by atoms with E-state index in [2.05, 4.69) is 0 Å². The summed E-state index contributed by atoms with van der Waals surface area (Å²) in [5.41, 5.74) is 5.80. The van der Waals surface area contributed by atoms with Crippen LogP contribution in [-0.2, 0) is 4.79 Å². The van der Waals surface area contributed by atoms with Gasteiger partial charge in [-0.2, -0.15) is 0 Å². The zero-order valence-electron chi connectivity index (χ0n) is 11.9. The van der Waals surface area contributed by atoms with E-state index in [0.29, 0.717) is 19.5 Å². The second-order valence-corrected chi connectivity index (χ2v) is 6.00. The van der Waals surface area contributed by atoms with Crippen LogP contribution in [0.4, 0.5) is 8.78 Å². The van der Waals surface area contributed by atoms with Gasteiger partial charge in [0.05, 0.1) is 0 Å². The first-order chi connectivity index (χ1) is 10.1. The van der Waals surface area contributed by atoms with E-state index in [1.165, 1.54) is 18.2 Å². The molecule has 0 radical (unpaired) electrons. The molecule has 0 unspecified atom stereocenters. The van der Waals surface area contributed by atoms with Crippen molar-refractivity contribution >= 4 is 5.91 Å². The van der Waals surface area contributed by atoms with Gasteiger partial charge in [0.1, 0.15) is 11.6 Å². The number of nitrogens with zero attached hydrogens (tertiary/aromatic N) is 1. The summed E-state index contributed by atoms with van der Waals surface area (Å²) in [5, 5.41) is 0. The molecule has 1 aliphatic heterocycles. The summed E-state index contributed by atoms with van der Waals surface area (Å²) >= 11 is 0. The van der Waals surface area contributed by atoms with E-state index < -0.39 is 11.6 Å². The molecule has 1 amide bonds. The highest BCUT2D eigenvalue weighted by molar-refractivity contribution is 5.83. The number of benzene rings is 1. The van der Waals surface area contributed by atoms with Crippen LogP contribution in [0.15, 0.2) is 18.2 Å². The van der Waals surface area contributed by atoms with Crippen molar-refractivity contribution in [3.8, 4) is 0 Å². The Morgan fingerprint density at radius 3 is 2.67 bits per heavy atom. The van der Waals surface area contributed by atoms with Gasteiger partial charge in [0.15, 0.2) is 0 Å². The Kier molecular flexibility index (Phi) is 3.93. The minimum atomic E-state index is -0.552. The lowest BCUT2D eigenvalue weighted by Crippen LogP contribution is -2.48. The molecule has 114 valence electrons. The summed E-state index contributed by atoms with van der Waals surface area (Å²) in [7, 11) is 0. The molecule has 1 aliphatic carbocycles. The maximum atomic E-state index is 13.8. The largest absolute Gasteiger partial charge is 0.338 e. The fourth-order valence-electron chi connectivity index (χ4n) is 3.40. The Hall–Kier alpha value is -1.49. The molecule has 1 saturated carbocycles. The molecule has 2 fully saturated rings. The van der Waals surface area contributed by atoms with Crippen LogP contribution in [0.3, 0.4) is 0 Å². The molecular formula is C16H20F2N2O. The van der Waals surface area contributed by atoms with Gasteiger partial charge in [0, 0.05) is 36.5 Å². The molecular weight excluding hydrogens is 274 g/mol. The van der Waals surface area contributed by atoms with Gasteiger partial charge in [-0.1, -0.05) is 6.07 Å². The fourth-order valence-corrected chi connectivity index (χ4v) is 3.40. The van der Waals surface area contributed by atoms with E-state index in [9.17, 15) is 13.6 Å². The summed E-state index contributed by atoms with van der Waals surface area (Å²) in [6.45, 7) is 1.17. The van der Waals surface area contributed by atoms with Crippen LogP contribution in [0.5, 0.6) is 0 Å². The van der Waals surface area contributed by atoms with Crippen molar-refractivity contribution in [1.82, 2.24) is 4.90 Å². The number of amides is 1. The van der Waals surface area contributed by atoms with Gasteiger partial charge in [-0.05, 0) is 37.8 Å². The number of halogens is 2.